The SMILES string of the molecule is CC(C)(Oc1ccc(C(=O)OC(c2ccccc2)C(F)(F)C(=O)[O-])cc1)C1CCCC1. The molecule has 0 radical (unpaired) electrons. The molecule has 0 heterocycles. The highest BCUT2D eigenvalue weighted by atomic mass is 19.3. The molecule has 0 saturated heterocycles. The molecule has 3 rings (SSSR count). The summed E-state index contributed by atoms with van der Waals surface area (Å²) in [6.45, 7) is 4.05. The second kappa shape index (κ2) is 9.04. The van der Waals surface area contributed by atoms with E-state index < -0.39 is 24.0 Å². The number of carbonyl (C=O) groups excluding carboxylic acids is 2. The number of halogens is 2. The van der Waals surface area contributed by atoms with Gasteiger partial charge in [-0.2, -0.15) is 8.78 Å². The van der Waals surface area contributed by atoms with E-state index in [0.29, 0.717) is 11.7 Å². The van der Waals surface area contributed by atoms with Crippen molar-refractivity contribution in [3.8, 4) is 5.75 Å². The number of rotatable bonds is 8. The monoisotopic (exact) mass is 431 g/mol. The molecule has 166 valence electrons. The molecule has 5 nitrogen and oxygen atoms in total. The summed E-state index contributed by atoms with van der Waals surface area (Å²) < 4.78 is 39.4. The van der Waals surface area contributed by atoms with E-state index in [-0.39, 0.29) is 16.7 Å². The number of alkyl halides is 2. The topological polar surface area (TPSA) is 75.7 Å². The van der Waals surface area contributed by atoms with Crippen LogP contribution in [0, 0.1) is 5.92 Å². The molecule has 1 aliphatic carbocycles. The Hall–Kier alpha value is -2.96. The first kappa shape index (κ1) is 22.7. The molecule has 1 fully saturated rings. The highest BCUT2D eigenvalue weighted by Gasteiger charge is 2.45. The minimum atomic E-state index is -4.40. The Labute approximate surface area is 180 Å². The molecular formula is C24H25F2O5-. The van der Waals surface area contributed by atoms with E-state index in [2.05, 4.69) is 0 Å². The molecule has 0 N–H and O–H groups in total. The maximum Gasteiger partial charge on any atom is 0.338 e. The van der Waals surface area contributed by atoms with Gasteiger partial charge in [-0.15, -0.1) is 0 Å². The van der Waals surface area contributed by atoms with Crippen molar-refractivity contribution in [2.75, 3.05) is 0 Å². The Morgan fingerprint density at radius 2 is 1.58 bits per heavy atom. The Morgan fingerprint density at radius 1 is 1.00 bits per heavy atom. The third kappa shape index (κ3) is 5.21. The zero-order valence-corrected chi connectivity index (χ0v) is 17.5. The third-order valence-electron chi connectivity index (χ3n) is 5.74. The van der Waals surface area contributed by atoms with Gasteiger partial charge in [0, 0.05) is 0 Å². The summed E-state index contributed by atoms with van der Waals surface area (Å²) in [7, 11) is 0. The van der Waals surface area contributed by atoms with Crippen LogP contribution in [0.25, 0.3) is 0 Å². The van der Waals surface area contributed by atoms with E-state index >= 15 is 0 Å². The minimum absolute atomic E-state index is 0.00102. The quantitative estimate of drug-likeness (QED) is 0.582. The van der Waals surface area contributed by atoms with Crippen LogP contribution in [0.5, 0.6) is 5.75 Å². The van der Waals surface area contributed by atoms with Crippen LogP contribution in [0.1, 0.15) is 61.6 Å². The van der Waals surface area contributed by atoms with Crippen molar-refractivity contribution in [3.63, 3.8) is 0 Å². The smallest absolute Gasteiger partial charge is 0.338 e. The van der Waals surface area contributed by atoms with Gasteiger partial charge >= 0.3 is 11.9 Å². The van der Waals surface area contributed by atoms with Crippen molar-refractivity contribution in [3.05, 3.63) is 65.7 Å². The lowest BCUT2D eigenvalue weighted by Crippen LogP contribution is -2.47. The van der Waals surface area contributed by atoms with Crippen LogP contribution in [-0.2, 0) is 9.53 Å². The van der Waals surface area contributed by atoms with Crippen LogP contribution in [0.4, 0.5) is 8.78 Å². The Bertz CT molecular complexity index is 903. The number of carboxylic acids is 1. The lowest BCUT2D eigenvalue weighted by Gasteiger charge is -2.32. The number of carbonyl (C=O) groups is 2. The van der Waals surface area contributed by atoms with Crippen LogP contribution in [-0.4, -0.2) is 23.5 Å². The molecule has 0 spiro atoms. The number of esters is 1. The van der Waals surface area contributed by atoms with Gasteiger partial charge in [0.25, 0.3) is 0 Å². The van der Waals surface area contributed by atoms with Crippen molar-refractivity contribution < 1.29 is 33.0 Å². The number of hydrogen-bond acceptors (Lipinski definition) is 5. The molecule has 1 saturated carbocycles. The Kier molecular flexibility index (Phi) is 6.62. The number of ether oxygens (including phenoxy) is 2. The summed E-state index contributed by atoms with van der Waals surface area (Å²) in [5, 5.41) is 11.0. The van der Waals surface area contributed by atoms with E-state index in [9.17, 15) is 23.5 Å². The van der Waals surface area contributed by atoms with Gasteiger partial charge in [0.1, 0.15) is 17.3 Å². The molecule has 0 aliphatic heterocycles. The maximum absolute atomic E-state index is 14.2. The summed E-state index contributed by atoms with van der Waals surface area (Å²) in [5.74, 6) is -7.10. The zero-order valence-electron chi connectivity index (χ0n) is 17.5. The van der Waals surface area contributed by atoms with Crippen molar-refractivity contribution in [1.82, 2.24) is 0 Å². The lowest BCUT2D eigenvalue weighted by molar-refractivity contribution is -0.336. The fourth-order valence-electron chi connectivity index (χ4n) is 3.93. The molecule has 2 aromatic carbocycles. The highest BCUT2D eigenvalue weighted by molar-refractivity contribution is 5.90. The molecule has 7 heteroatoms. The molecular weight excluding hydrogens is 406 g/mol. The number of aliphatic carboxylic acids is 1. The summed E-state index contributed by atoms with van der Waals surface area (Å²) in [6.07, 6.45) is 2.25. The van der Waals surface area contributed by atoms with E-state index in [0.717, 1.165) is 12.8 Å². The molecule has 31 heavy (non-hydrogen) atoms. The average Bonchev–Trinajstić information content (AvgIpc) is 3.28. The van der Waals surface area contributed by atoms with Crippen molar-refractivity contribution in [1.29, 1.82) is 0 Å². The van der Waals surface area contributed by atoms with Gasteiger partial charge in [0.05, 0.1) is 5.56 Å². The van der Waals surface area contributed by atoms with E-state index in [1.807, 2.05) is 13.8 Å². The number of carboxylic acid groups (broad SMARTS) is 1. The number of benzene rings is 2. The van der Waals surface area contributed by atoms with Gasteiger partial charge in [-0.1, -0.05) is 43.2 Å². The first-order chi connectivity index (χ1) is 14.6. The predicted molar refractivity (Wildman–Crippen MR) is 108 cm³/mol. The van der Waals surface area contributed by atoms with Gasteiger partial charge < -0.3 is 19.4 Å². The zero-order chi connectivity index (χ0) is 22.6. The average molecular weight is 431 g/mol. The molecule has 0 amide bonds. The highest BCUT2D eigenvalue weighted by Crippen LogP contribution is 2.37. The van der Waals surface area contributed by atoms with Crippen LogP contribution in [0.3, 0.4) is 0 Å². The molecule has 1 unspecified atom stereocenters. The van der Waals surface area contributed by atoms with Gasteiger partial charge in [0.2, 0.25) is 0 Å². The molecule has 0 bridgehead atoms. The standard InChI is InChI=1S/C24H26F2O5/c1-23(2,18-10-6-7-11-18)31-19-14-12-17(13-15-19)21(27)30-20(24(25,26)22(28)29)16-8-4-3-5-9-16/h3-5,8-9,12-15,18,20H,6-7,10-11H2,1-2H3,(H,28,29)/p-1. The minimum Gasteiger partial charge on any atom is -0.544 e. The second-order valence-electron chi connectivity index (χ2n) is 8.32. The molecule has 2 aromatic rings. The third-order valence-corrected chi connectivity index (χ3v) is 5.74. The molecule has 1 aliphatic rings. The van der Waals surface area contributed by atoms with E-state index in [1.54, 1.807) is 18.2 Å². The van der Waals surface area contributed by atoms with Gasteiger partial charge in [-0.3, -0.25) is 0 Å². The Morgan fingerprint density at radius 3 is 2.13 bits per heavy atom. The second-order valence-corrected chi connectivity index (χ2v) is 8.32. The number of hydrogen-bond donors (Lipinski definition) is 0. The first-order valence-corrected chi connectivity index (χ1v) is 10.3. The fourth-order valence-corrected chi connectivity index (χ4v) is 3.93. The first-order valence-electron chi connectivity index (χ1n) is 10.3. The van der Waals surface area contributed by atoms with Crippen LogP contribution in [0.2, 0.25) is 0 Å². The van der Waals surface area contributed by atoms with Gasteiger partial charge in [0.15, 0.2) is 6.10 Å². The fraction of sp³-hybridized carbons (Fsp3) is 0.417. The normalized spacial score (nSPS) is 16.0. The lowest BCUT2D eigenvalue weighted by atomic mass is 9.89. The molecule has 1 atom stereocenters. The summed E-state index contributed by atoms with van der Waals surface area (Å²) in [6, 6.07) is 12.9. The van der Waals surface area contributed by atoms with Crippen LogP contribution >= 0.6 is 0 Å². The summed E-state index contributed by atoms with van der Waals surface area (Å²) in [4.78, 5) is 23.5. The predicted octanol–water partition coefficient (Wildman–Crippen LogP) is 4.32. The largest absolute Gasteiger partial charge is 0.544 e. The van der Waals surface area contributed by atoms with Crippen molar-refractivity contribution in [2.45, 2.75) is 57.2 Å². The van der Waals surface area contributed by atoms with E-state index in [4.69, 9.17) is 9.47 Å². The van der Waals surface area contributed by atoms with E-state index in [1.165, 1.54) is 49.2 Å². The van der Waals surface area contributed by atoms with Gasteiger partial charge in [-0.05, 0) is 62.4 Å². The molecule has 0 aromatic heterocycles. The van der Waals surface area contributed by atoms with Crippen LogP contribution < -0.4 is 9.84 Å². The van der Waals surface area contributed by atoms with Crippen molar-refractivity contribution >= 4 is 11.9 Å². The van der Waals surface area contributed by atoms with Gasteiger partial charge in [-0.25, -0.2) is 4.79 Å². The summed E-state index contributed by atoms with van der Waals surface area (Å²) in [5.41, 5.74) is -0.516. The Balaban J connectivity index is 1.74. The van der Waals surface area contributed by atoms with Crippen LogP contribution in [0.15, 0.2) is 54.6 Å². The maximum atomic E-state index is 14.2. The summed E-state index contributed by atoms with van der Waals surface area (Å²) >= 11 is 0. The van der Waals surface area contributed by atoms with Crippen molar-refractivity contribution in [2.24, 2.45) is 5.92 Å².